The van der Waals surface area contributed by atoms with Crippen molar-refractivity contribution in [2.24, 2.45) is 0 Å². The van der Waals surface area contributed by atoms with Crippen molar-refractivity contribution in [3.05, 3.63) is 84.1 Å². The summed E-state index contributed by atoms with van der Waals surface area (Å²) in [5.41, 5.74) is 2.70. The van der Waals surface area contributed by atoms with Gasteiger partial charge in [0.05, 0.1) is 12.8 Å². The zero-order valence-electron chi connectivity index (χ0n) is 17.6. The lowest BCUT2D eigenvalue weighted by molar-refractivity contribution is 0.503. The highest BCUT2D eigenvalue weighted by molar-refractivity contribution is 7.99. The largest absolute Gasteiger partial charge is 0.467 e. The molecule has 0 unspecified atom stereocenters. The van der Waals surface area contributed by atoms with Crippen LogP contribution in [0.25, 0.3) is 0 Å². The summed E-state index contributed by atoms with van der Waals surface area (Å²) in [6.45, 7) is 2.14. The van der Waals surface area contributed by atoms with E-state index in [9.17, 15) is 0 Å². The average Bonchev–Trinajstić information content (AvgIpc) is 3.37. The van der Waals surface area contributed by atoms with Crippen LogP contribution in [-0.2, 0) is 19.5 Å². The highest BCUT2D eigenvalue weighted by Gasteiger charge is 2.19. The molecule has 33 heavy (non-hydrogen) atoms. The fraction of sp³-hybridized carbons (Fsp3) is 0.174. The Morgan fingerprint density at radius 3 is 2.73 bits per heavy atom. The van der Waals surface area contributed by atoms with Crippen molar-refractivity contribution in [3.8, 4) is 0 Å². The Labute approximate surface area is 200 Å². The van der Waals surface area contributed by atoms with E-state index in [1.54, 1.807) is 24.7 Å². The highest BCUT2D eigenvalue weighted by Crippen LogP contribution is 2.29. The summed E-state index contributed by atoms with van der Waals surface area (Å²) in [6.07, 6.45) is 6.03. The van der Waals surface area contributed by atoms with E-state index in [2.05, 4.69) is 54.8 Å². The zero-order valence-corrected chi connectivity index (χ0v) is 19.3. The van der Waals surface area contributed by atoms with Gasteiger partial charge in [0.1, 0.15) is 16.6 Å². The normalized spacial score (nSPS) is 12.8. The number of hydrogen-bond acceptors (Lipinski definition) is 8. The van der Waals surface area contributed by atoms with Crippen LogP contribution < -0.4 is 15.5 Å². The smallest absolute Gasteiger partial charge is 0.232 e. The molecule has 10 heteroatoms. The van der Waals surface area contributed by atoms with E-state index < -0.39 is 0 Å². The van der Waals surface area contributed by atoms with Crippen LogP contribution in [0, 0.1) is 0 Å². The topological polar surface area (TPSA) is 92.0 Å². The van der Waals surface area contributed by atoms with Crippen LogP contribution in [0.15, 0.2) is 81.8 Å². The Kier molecular flexibility index (Phi) is 6.45. The van der Waals surface area contributed by atoms with Crippen molar-refractivity contribution in [1.29, 1.82) is 0 Å². The van der Waals surface area contributed by atoms with E-state index in [1.165, 1.54) is 22.9 Å². The number of rotatable bonds is 6. The first kappa shape index (κ1) is 21.4. The minimum absolute atomic E-state index is 0.416. The van der Waals surface area contributed by atoms with E-state index in [-0.39, 0.29) is 0 Å². The Hall–Kier alpha value is -3.50. The molecule has 8 nitrogen and oxygen atoms in total. The summed E-state index contributed by atoms with van der Waals surface area (Å²) in [4.78, 5) is 20.3. The lowest BCUT2D eigenvalue weighted by Crippen LogP contribution is -2.32. The third kappa shape index (κ3) is 5.47. The maximum absolute atomic E-state index is 5.44. The molecule has 0 spiro atoms. The van der Waals surface area contributed by atoms with Gasteiger partial charge >= 0.3 is 0 Å². The molecule has 2 N–H and O–H groups in total. The molecule has 4 aromatic rings. The number of aromatic nitrogens is 4. The molecule has 0 saturated heterocycles. The summed E-state index contributed by atoms with van der Waals surface area (Å²) in [7, 11) is 0. The van der Waals surface area contributed by atoms with E-state index in [0.29, 0.717) is 22.8 Å². The number of hydrogen-bond donors (Lipinski definition) is 2. The molecule has 0 bridgehead atoms. The second kappa shape index (κ2) is 9.97. The van der Waals surface area contributed by atoms with Gasteiger partial charge in [0.25, 0.3) is 0 Å². The van der Waals surface area contributed by atoms with Gasteiger partial charge in [-0.05, 0) is 59.7 Å². The SMILES string of the molecule is S=C(NCc1ccco1)Nc1nc(Sc2ncccn2)cc(N2CCc3ccccc3C2)n1. The van der Waals surface area contributed by atoms with Crippen molar-refractivity contribution in [1.82, 2.24) is 25.3 Å². The Morgan fingerprint density at radius 2 is 1.91 bits per heavy atom. The predicted octanol–water partition coefficient (Wildman–Crippen LogP) is 4.06. The molecule has 1 aliphatic heterocycles. The molecule has 166 valence electrons. The van der Waals surface area contributed by atoms with Gasteiger partial charge in [-0.25, -0.2) is 15.0 Å². The van der Waals surface area contributed by atoms with Crippen molar-refractivity contribution in [2.45, 2.75) is 29.7 Å². The van der Waals surface area contributed by atoms with Gasteiger partial charge < -0.3 is 20.0 Å². The van der Waals surface area contributed by atoms with Crippen LogP contribution in [0.2, 0.25) is 0 Å². The lowest BCUT2D eigenvalue weighted by atomic mass is 10.00. The van der Waals surface area contributed by atoms with Gasteiger partial charge in [-0.1, -0.05) is 24.3 Å². The monoisotopic (exact) mass is 475 g/mol. The fourth-order valence-electron chi connectivity index (χ4n) is 3.53. The molecule has 3 aromatic heterocycles. The lowest BCUT2D eigenvalue weighted by Gasteiger charge is -2.30. The van der Waals surface area contributed by atoms with Crippen LogP contribution in [-0.4, -0.2) is 31.6 Å². The van der Waals surface area contributed by atoms with Gasteiger partial charge in [0, 0.05) is 31.5 Å². The summed E-state index contributed by atoms with van der Waals surface area (Å²) < 4.78 is 5.34. The van der Waals surface area contributed by atoms with Crippen LogP contribution in [0.4, 0.5) is 11.8 Å². The maximum Gasteiger partial charge on any atom is 0.232 e. The molecule has 0 aliphatic carbocycles. The molecule has 5 rings (SSSR count). The van der Waals surface area contributed by atoms with Crippen LogP contribution in [0.5, 0.6) is 0 Å². The number of nitrogens with zero attached hydrogens (tertiary/aromatic N) is 5. The third-order valence-electron chi connectivity index (χ3n) is 5.11. The van der Waals surface area contributed by atoms with Gasteiger partial charge in [-0.3, -0.25) is 0 Å². The molecule has 0 atom stereocenters. The number of thiocarbonyl (C=S) groups is 1. The van der Waals surface area contributed by atoms with Crippen LogP contribution in [0.3, 0.4) is 0 Å². The van der Waals surface area contributed by atoms with E-state index in [1.807, 2.05) is 18.2 Å². The Morgan fingerprint density at radius 1 is 1.06 bits per heavy atom. The minimum atomic E-state index is 0.416. The van der Waals surface area contributed by atoms with Gasteiger partial charge in [0.15, 0.2) is 10.3 Å². The highest BCUT2D eigenvalue weighted by atomic mass is 32.2. The standard InChI is InChI=1S/C23H21N7OS2/c32-22(26-14-18-7-3-12-31-18)29-21-27-19(13-20(28-21)33-23-24-9-4-10-25-23)30-11-8-16-5-1-2-6-17(16)15-30/h1-7,9-10,12-13H,8,11,14-15H2,(H2,26,27,28,29,32). The second-order valence-electron chi connectivity index (χ2n) is 7.35. The van der Waals surface area contributed by atoms with Crippen molar-refractivity contribution in [3.63, 3.8) is 0 Å². The van der Waals surface area contributed by atoms with Gasteiger partial charge in [0.2, 0.25) is 5.95 Å². The van der Waals surface area contributed by atoms with Crippen LogP contribution in [0.1, 0.15) is 16.9 Å². The maximum atomic E-state index is 5.44. The molecular formula is C23H21N7OS2. The Bertz CT molecular complexity index is 1230. The van der Waals surface area contributed by atoms with E-state index in [0.717, 1.165) is 36.1 Å². The van der Waals surface area contributed by atoms with E-state index >= 15 is 0 Å². The van der Waals surface area contributed by atoms with E-state index in [4.69, 9.17) is 21.6 Å². The molecular weight excluding hydrogens is 454 g/mol. The molecule has 0 fully saturated rings. The summed E-state index contributed by atoms with van der Waals surface area (Å²) in [5, 5.41) is 8.00. The first-order valence-electron chi connectivity index (χ1n) is 10.5. The number of anilines is 2. The average molecular weight is 476 g/mol. The zero-order chi connectivity index (χ0) is 22.5. The fourth-order valence-corrected chi connectivity index (χ4v) is 4.41. The summed E-state index contributed by atoms with van der Waals surface area (Å²) >= 11 is 6.83. The molecule has 4 heterocycles. The number of furan rings is 1. The number of fused-ring (bicyclic) bond motifs is 1. The summed E-state index contributed by atoms with van der Waals surface area (Å²) in [5.74, 6) is 2.04. The first-order chi connectivity index (χ1) is 16.2. The van der Waals surface area contributed by atoms with Crippen molar-refractivity contribution >= 4 is 40.9 Å². The molecule has 0 amide bonds. The molecule has 0 radical (unpaired) electrons. The second-order valence-corrected chi connectivity index (χ2v) is 8.74. The molecule has 1 aromatic carbocycles. The first-order valence-corrected chi connectivity index (χ1v) is 11.7. The Balaban J connectivity index is 1.37. The van der Waals surface area contributed by atoms with Crippen LogP contribution >= 0.6 is 24.0 Å². The minimum Gasteiger partial charge on any atom is -0.467 e. The molecule has 1 aliphatic rings. The summed E-state index contributed by atoms with van der Waals surface area (Å²) in [6, 6.07) is 16.0. The quantitative estimate of drug-likeness (QED) is 0.242. The third-order valence-corrected chi connectivity index (χ3v) is 6.17. The van der Waals surface area contributed by atoms with Gasteiger partial charge in [-0.15, -0.1) is 0 Å². The number of nitrogens with one attached hydrogen (secondary N) is 2. The van der Waals surface area contributed by atoms with Gasteiger partial charge in [-0.2, -0.15) is 4.98 Å². The molecule has 0 saturated carbocycles. The predicted molar refractivity (Wildman–Crippen MR) is 131 cm³/mol. The van der Waals surface area contributed by atoms with Crippen molar-refractivity contribution in [2.75, 3.05) is 16.8 Å². The number of benzene rings is 1. The van der Waals surface area contributed by atoms with Crippen molar-refractivity contribution < 1.29 is 4.42 Å².